The summed E-state index contributed by atoms with van der Waals surface area (Å²) in [6, 6.07) is 4.86. The number of rotatable bonds is 4. The summed E-state index contributed by atoms with van der Waals surface area (Å²) in [5.74, 6) is 0.498. The smallest absolute Gasteiger partial charge is 0.296 e. The molecule has 1 aliphatic rings. The first-order valence-electron chi connectivity index (χ1n) is 5.15. The Balaban J connectivity index is 2.32. The van der Waals surface area contributed by atoms with Gasteiger partial charge in [0.1, 0.15) is 11.4 Å². The second-order valence-electron chi connectivity index (χ2n) is 4.33. The predicted molar refractivity (Wildman–Crippen MR) is 60.9 cm³/mol. The Bertz CT molecular complexity index is 427. The fourth-order valence-electron chi connectivity index (χ4n) is 1.53. The van der Waals surface area contributed by atoms with Crippen molar-refractivity contribution < 1.29 is 9.66 Å². The summed E-state index contributed by atoms with van der Waals surface area (Å²) in [6.45, 7) is 2.06. The van der Waals surface area contributed by atoms with Gasteiger partial charge in [-0.15, -0.1) is 0 Å². The van der Waals surface area contributed by atoms with Gasteiger partial charge in [-0.1, -0.05) is 0 Å². The highest BCUT2D eigenvalue weighted by Crippen LogP contribution is 2.41. The van der Waals surface area contributed by atoms with Gasteiger partial charge >= 0.3 is 0 Å². The van der Waals surface area contributed by atoms with E-state index in [2.05, 4.69) is 12.2 Å². The van der Waals surface area contributed by atoms with Gasteiger partial charge in [0.15, 0.2) is 0 Å². The van der Waals surface area contributed by atoms with Crippen LogP contribution in [0.5, 0.6) is 5.75 Å². The van der Waals surface area contributed by atoms with Gasteiger partial charge in [-0.3, -0.25) is 10.1 Å². The van der Waals surface area contributed by atoms with E-state index in [0.29, 0.717) is 11.4 Å². The molecule has 2 rings (SSSR count). The molecular weight excluding hydrogens is 208 g/mol. The third-order valence-corrected chi connectivity index (χ3v) is 2.84. The molecule has 0 aromatic heterocycles. The molecule has 1 fully saturated rings. The van der Waals surface area contributed by atoms with Crippen molar-refractivity contribution in [2.75, 3.05) is 12.4 Å². The molecule has 0 atom stereocenters. The first-order valence-corrected chi connectivity index (χ1v) is 5.15. The molecule has 0 heterocycles. The maximum atomic E-state index is 10.9. The lowest BCUT2D eigenvalue weighted by Gasteiger charge is -2.13. The molecule has 0 radical (unpaired) electrons. The molecule has 86 valence electrons. The Hall–Kier alpha value is -1.78. The highest BCUT2D eigenvalue weighted by Gasteiger charge is 2.38. The predicted octanol–water partition coefficient (Wildman–Crippen LogP) is 2.57. The number of anilines is 1. The van der Waals surface area contributed by atoms with Crippen LogP contribution in [0.25, 0.3) is 0 Å². The fraction of sp³-hybridized carbons (Fsp3) is 0.455. The normalized spacial score (nSPS) is 16.6. The topological polar surface area (TPSA) is 64.4 Å². The van der Waals surface area contributed by atoms with E-state index in [9.17, 15) is 10.1 Å². The van der Waals surface area contributed by atoms with Gasteiger partial charge in [-0.05, 0) is 31.9 Å². The van der Waals surface area contributed by atoms with Gasteiger partial charge in [0, 0.05) is 5.54 Å². The van der Waals surface area contributed by atoms with Crippen LogP contribution >= 0.6 is 0 Å². The Kier molecular flexibility index (Phi) is 2.46. The summed E-state index contributed by atoms with van der Waals surface area (Å²) in [7, 11) is 1.49. The van der Waals surface area contributed by atoms with Crippen LogP contribution in [-0.4, -0.2) is 17.6 Å². The molecule has 0 amide bonds. The summed E-state index contributed by atoms with van der Waals surface area (Å²) in [4.78, 5) is 10.5. The molecule has 1 aromatic rings. The van der Waals surface area contributed by atoms with E-state index < -0.39 is 4.92 Å². The molecular formula is C11H14N2O3. The first kappa shape index (κ1) is 10.7. The number of nitrogens with one attached hydrogen (secondary N) is 1. The Morgan fingerprint density at radius 1 is 1.50 bits per heavy atom. The fourth-order valence-corrected chi connectivity index (χ4v) is 1.53. The third kappa shape index (κ3) is 2.08. The number of methoxy groups -OCH3 is 1. The molecule has 1 aromatic carbocycles. The SMILES string of the molecule is COc1ccc(NC2(C)CC2)c([N+](=O)[O-])c1. The highest BCUT2D eigenvalue weighted by molar-refractivity contribution is 5.65. The van der Waals surface area contributed by atoms with Crippen LogP contribution in [0, 0.1) is 10.1 Å². The van der Waals surface area contributed by atoms with Gasteiger partial charge in [0.25, 0.3) is 5.69 Å². The zero-order valence-electron chi connectivity index (χ0n) is 9.32. The van der Waals surface area contributed by atoms with Crippen molar-refractivity contribution in [1.82, 2.24) is 0 Å². The van der Waals surface area contributed by atoms with E-state index in [1.165, 1.54) is 13.2 Å². The Morgan fingerprint density at radius 2 is 2.19 bits per heavy atom. The van der Waals surface area contributed by atoms with Crippen molar-refractivity contribution in [2.45, 2.75) is 25.3 Å². The highest BCUT2D eigenvalue weighted by atomic mass is 16.6. The van der Waals surface area contributed by atoms with Crippen molar-refractivity contribution in [3.05, 3.63) is 28.3 Å². The molecule has 1 saturated carbocycles. The minimum atomic E-state index is -0.392. The van der Waals surface area contributed by atoms with Crippen LogP contribution in [-0.2, 0) is 0 Å². The Morgan fingerprint density at radius 3 is 2.69 bits per heavy atom. The number of nitro benzene ring substituents is 1. The number of benzene rings is 1. The maximum Gasteiger partial charge on any atom is 0.296 e. The quantitative estimate of drug-likeness (QED) is 0.628. The minimum Gasteiger partial charge on any atom is -0.496 e. The zero-order chi connectivity index (χ0) is 11.8. The van der Waals surface area contributed by atoms with Gasteiger partial charge in [0.05, 0.1) is 18.1 Å². The number of nitro groups is 1. The second-order valence-corrected chi connectivity index (χ2v) is 4.33. The van der Waals surface area contributed by atoms with Crippen molar-refractivity contribution in [1.29, 1.82) is 0 Å². The lowest BCUT2D eigenvalue weighted by atomic mass is 10.2. The number of nitrogens with zero attached hydrogens (tertiary/aromatic N) is 1. The number of ether oxygens (including phenoxy) is 1. The molecule has 1 aliphatic carbocycles. The summed E-state index contributed by atoms with van der Waals surface area (Å²) in [6.07, 6.45) is 2.10. The lowest BCUT2D eigenvalue weighted by molar-refractivity contribution is -0.384. The minimum absolute atomic E-state index is 0.0271. The summed E-state index contributed by atoms with van der Waals surface area (Å²) >= 11 is 0. The van der Waals surface area contributed by atoms with Crippen LogP contribution in [0.1, 0.15) is 19.8 Å². The van der Waals surface area contributed by atoms with Crippen LogP contribution in [0.2, 0.25) is 0 Å². The monoisotopic (exact) mass is 222 g/mol. The van der Waals surface area contributed by atoms with Crippen molar-refractivity contribution >= 4 is 11.4 Å². The maximum absolute atomic E-state index is 10.9. The van der Waals surface area contributed by atoms with Crippen molar-refractivity contribution in [2.24, 2.45) is 0 Å². The van der Waals surface area contributed by atoms with Gasteiger partial charge in [-0.2, -0.15) is 0 Å². The van der Waals surface area contributed by atoms with Crippen LogP contribution in [0.3, 0.4) is 0 Å². The van der Waals surface area contributed by atoms with Crippen molar-refractivity contribution in [3.8, 4) is 5.75 Å². The number of hydrogen-bond acceptors (Lipinski definition) is 4. The molecule has 0 spiro atoms. The Labute approximate surface area is 93.6 Å². The second kappa shape index (κ2) is 3.66. The summed E-state index contributed by atoms with van der Waals surface area (Å²) < 4.78 is 4.97. The molecule has 0 unspecified atom stereocenters. The van der Waals surface area contributed by atoms with Crippen LogP contribution in [0.15, 0.2) is 18.2 Å². The average Bonchev–Trinajstić information content (AvgIpc) is 2.96. The van der Waals surface area contributed by atoms with Gasteiger partial charge in [0.2, 0.25) is 0 Å². The van der Waals surface area contributed by atoms with E-state index in [4.69, 9.17) is 4.74 Å². The lowest BCUT2D eigenvalue weighted by Crippen LogP contribution is -2.16. The third-order valence-electron chi connectivity index (χ3n) is 2.84. The van der Waals surface area contributed by atoms with E-state index in [1.54, 1.807) is 12.1 Å². The summed E-state index contributed by atoms with van der Waals surface area (Å²) in [5, 5.41) is 14.1. The first-order chi connectivity index (χ1) is 7.54. The van der Waals surface area contributed by atoms with Gasteiger partial charge in [-0.25, -0.2) is 0 Å². The average molecular weight is 222 g/mol. The molecule has 1 N–H and O–H groups in total. The molecule has 5 nitrogen and oxygen atoms in total. The van der Waals surface area contributed by atoms with E-state index in [0.717, 1.165) is 12.8 Å². The standard InChI is InChI=1S/C11H14N2O3/c1-11(5-6-11)12-9-4-3-8(16-2)7-10(9)13(14)15/h3-4,7,12H,5-6H2,1-2H3. The van der Waals surface area contributed by atoms with Crippen molar-refractivity contribution in [3.63, 3.8) is 0 Å². The van der Waals surface area contributed by atoms with Crippen LogP contribution < -0.4 is 10.1 Å². The molecule has 16 heavy (non-hydrogen) atoms. The largest absolute Gasteiger partial charge is 0.496 e. The summed E-state index contributed by atoms with van der Waals surface area (Å²) in [5.41, 5.74) is 0.651. The van der Waals surface area contributed by atoms with E-state index in [1.807, 2.05) is 0 Å². The molecule has 0 saturated heterocycles. The molecule has 0 bridgehead atoms. The zero-order valence-corrected chi connectivity index (χ0v) is 9.32. The molecule has 0 aliphatic heterocycles. The van der Waals surface area contributed by atoms with Crippen LogP contribution in [0.4, 0.5) is 11.4 Å². The van der Waals surface area contributed by atoms with E-state index >= 15 is 0 Å². The molecule has 5 heteroatoms. The van der Waals surface area contributed by atoms with Gasteiger partial charge < -0.3 is 10.1 Å². The van der Waals surface area contributed by atoms with E-state index in [-0.39, 0.29) is 11.2 Å². The number of hydrogen-bond donors (Lipinski definition) is 1.